The van der Waals surface area contributed by atoms with E-state index in [2.05, 4.69) is 46.7 Å². The van der Waals surface area contributed by atoms with E-state index >= 15 is 0 Å². The number of methoxy groups -OCH3 is 2. The molecule has 13 heteroatoms. The molecule has 0 saturated carbocycles. The van der Waals surface area contributed by atoms with Crippen LogP contribution in [0.4, 0.5) is 16.6 Å². The maximum atomic E-state index is 13.1. The average molecular weight is 762 g/mol. The van der Waals surface area contributed by atoms with E-state index in [1.165, 1.54) is 5.56 Å². The standard InChI is InChI=1S/C43H51N7O6/c1-29(2)50-38(51)18-17-36-39(44-28-32-13-16-35(53-4)27-37(32)54-5)46-41(47-40(36)50)45-30(3)31-11-14-33(15-12-31)43(19-25-55-26-20-43)49-23-21-48(22-24-49)42(52)56-34-9-7-6-8-10-34/h6-18,27,29-30H,19-26,28H2,1-5H3,(H2,44,45,46,47)/t30-/m0/s1. The first-order valence-electron chi connectivity index (χ1n) is 19.3. The van der Waals surface area contributed by atoms with Gasteiger partial charge in [-0.05, 0) is 75.1 Å². The third kappa shape index (κ3) is 8.14. The Kier molecular flexibility index (Phi) is 11.7. The van der Waals surface area contributed by atoms with Crippen LogP contribution in [0.25, 0.3) is 11.0 Å². The van der Waals surface area contributed by atoms with Gasteiger partial charge in [-0.3, -0.25) is 14.3 Å². The van der Waals surface area contributed by atoms with Crippen LogP contribution >= 0.6 is 0 Å². The number of aromatic nitrogens is 3. The molecule has 2 N–H and O–H groups in total. The summed E-state index contributed by atoms with van der Waals surface area (Å²) < 4.78 is 24.2. The van der Waals surface area contributed by atoms with Crippen LogP contribution in [0.5, 0.6) is 17.2 Å². The molecule has 4 heterocycles. The van der Waals surface area contributed by atoms with Gasteiger partial charge in [0.1, 0.15) is 23.1 Å². The molecule has 0 bridgehead atoms. The first-order chi connectivity index (χ1) is 27.2. The van der Waals surface area contributed by atoms with Crippen LogP contribution < -0.4 is 30.4 Å². The normalized spacial score (nSPS) is 16.4. The molecule has 0 unspecified atom stereocenters. The average Bonchev–Trinajstić information content (AvgIpc) is 3.23. The number of pyridine rings is 1. The van der Waals surface area contributed by atoms with Crippen molar-refractivity contribution in [3.63, 3.8) is 0 Å². The lowest BCUT2D eigenvalue weighted by atomic mass is 9.80. The third-order valence-electron chi connectivity index (χ3n) is 10.9. The van der Waals surface area contributed by atoms with Crippen LogP contribution in [-0.2, 0) is 16.8 Å². The van der Waals surface area contributed by atoms with Crippen LogP contribution in [0.1, 0.15) is 62.4 Å². The molecule has 0 aliphatic carbocycles. The van der Waals surface area contributed by atoms with Crippen LogP contribution in [-0.4, -0.2) is 84.0 Å². The molecular formula is C43H51N7O6. The number of nitrogens with one attached hydrogen (secondary N) is 2. The van der Waals surface area contributed by atoms with Crippen molar-refractivity contribution >= 4 is 28.9 Å². The zero-order chi connectivity index (χ0) is 39.2. The fraction of sp³-hybridized carbons (Fsp3) is 0.395. The lowest BCUT2D eigenvalue weighted by molar-refractivity contribution is -0.0483. The summed E-state index contributed by atoms with van der Waals surface area (Å²) in [6, 6.07) is 26.8. The summed E-state index contributed by atoms with van der Waals surface area (Å²) in [7, 11) is 3.26. The Hall–Kier alpha value is -5.66. The van der Waals surface area contributed by atoms with Gasteiger partial charge in [0.25, 0.3) is 5.56 Å². The molecule has 2 aliphatic rings. The van der Waals surface area contributed by atoms with Crippen molar-refractivity contribution in [2.24, 2.45) is 0 Å². The fourth-order valence-corrected chi connectivity index (χ4v) is 7.84. The maximum Gasteiger partial charge on any atom is 0.415 e. The van der Waals surface area contributed by atoms with Gasteiger partial charge in [-0.15, -0.1) is 0 Å². The Morgan fingerprint density at radius 3 is 2.27 bits per heavy atom. The van der Waals surface area contributed by atoms with Gasteiger partial charge in [0.2, 0.25) is 5.95 Å². The second-order valence-electron chi connectivity index (χ2n) is 14.6. The van der Waals surface area contributed by atoms with Crippen molar-refractivity contribution < 1.29 is 23.7 Å². The fourth-order valence-electron chi connectivity index (χ4n) is 7.84. The van der Waals surface area contributed by atoms with E-state index in [-0.39, 0.29) is 29.3 Å². The zero-order valence-corrected chi connectivity index (χ0v) is 32.8. The van der Waals surface area contributed by atoms with Crippen molar-refractivity contribution in [3.8, 4) is 17.2 Å². The molecule has 294 valence electrons. The number of nitrogens with zero attached hydrogens (tertiary/aromatic N) is 5. The number of hydrogen-bond acceptors (Lipinski definition) is 11. The number of anilines is 2. The van der Waals surface area contributed by atoms with E-state index in [4.69, 9.17) is 28.9 Å². The predicted octanol–water partition coefficient (Wildman–Crippen LogP) is 7.00. The topological polar surface area (TPSA) is 132 Å². The highest BCUT2D eigenvalue weighted by Crippen LogP contribution is 2.40. The molecule has 1 amide bonds. The summed E-state index contributed by atoms with van der Waals surface area (Å²) in [5, 5.41) is 7.74. The van der Waals surface area contributed by atoms with E-state index in [9.17, 15) is 9.59 Å². The summed E-state index contributed by atoms with van der Waals surface area (Å²) in [6.07, 6.45) is 1.43. The number of rotatable bonds is 12. The number of carbonyl (C=O) groups is 1. The van der Waals surface area contributed by atoms with E-state index in [1.807, 2.05) is 50.2 Å². The minimum atomic E-state index is -0.314. The molecule has 56 heavy (non-hydrogen) atoms. The maximum absolute atomic E-state index is 13.1. The molecule has 1 atom stereocenters. The highest BCUT2D eigenvalue weighted by Gasteiger charge is 2.42. The SMILES string of the molecule is COc1ccc(CNc2nc(N[C@@H](C)c3ccc(C4(N5CCN(C(=O)Oc6ccccc6)CC5)CCOCC4)cc3)nc3c2ccc(=O)n3C(C)C)c(OC)c1. The second-order valence-corrected chi connectivity index (χ2v) is 14.6. The Morgan fingerprint density at radius 1 is 0.857 bits per heavy atom. The van der Waals surface area contributed by atoms with Gasteiger partial charge >= 0.3 is 6.09 Å². The van der Waals surface area contributed by atoms with Gasteiger partial charge in [0, 0.05) is 69.7 Å². The lowest BCUT2D eigenvalue weighted by Gasteiger charge is -2.49. The Bertz CT molecular complexity index is 2180. The highest BCUT2D eigenvalue weighted by molar-refractivity contribution is 5.88. The summed E-state index contributed by atoms with van der Waals surface area (Å²) in [4.78, 5) is 40.2. The second kappa shape index (κ2) is 17.0. The number of carbonyl (C=O) groups excluding carboxylic acids is 1. The van der Waals surface area contributed by atoms with Crippen LogP contribution in [0.3, 0.4) is 0 Å². The quantitative estimate of drug-likeness (QED) is 0.136. The largest absolute Gasteiger partial charge is 0.497 e. The minimum absolute atomic E-state index is 0.114. The van der Waals surface area contributed by atoms with Gasteiger partial charge in [0.15, 0.2) is 5.65 Å². The van der Waals surface area contributed by atoms with Crippen molar-refractivity contribution in [2.75, 3.05) is 64.2 Å². The number of piperazine rings is 1. The molecule has 0 spiro atoms. The first kappa shape index (κ1) is 38.6. The highest BCUT2D eigenvalue weighted by atomic mass is 16.6. The van der Waals surface area contributed by atoms with Crippen molar-refractivity contribution in [1.29, 1.82) is 0 Å². The first-order valence-corrected chi connectivity index (χ1v) is 19.3. The number of ether oxygens (including phenoxy) is 4. The summed E-state index contributed by atoms with van der Waals surface area (Å²) >= 11 is 0. The third-order valence-corrected chi connectivity index (χ3v) is 10.9. The zero-order valence-electron chi connectivity index (χ0n) is 32.8. The number of benzene rings is 3. The van der Waals surface area contributed by atoms with Crippen molar-refractivity contribution in [2.45, 2.75) is 57.8 Å². The van der Waals surface area contributed by atoms with Gasteiger partial charge in [-0.1, -0.05) is 42.5 Å². The smallest absolute Gasteiger partial charge is 0.415 e. The summed E-state index contributed by atoms with van der Waals surface area (Å²) in [5.41, 5.74) is 3.46. The number of amides is 1. The predicted molar refractivity (Wildman–Crippen MR) is 217 cm³/mol. The van der Waals surface area contributed by atoms with Gasteiger partial charge < -0.3 is 34.5 Å². The summed E-state index contributed by atoms with van der Waals surface area (Å²) in [6.45, 7) is 10.5. The molecule has 13 nitrogen and oxygen atoms in total. The number of fused-ring (bicyclic) bond motifs is 1. The Labute approximate surface area is 327 Å². The number of hydrogen-bond donors (Lipinski definition) is 2. The summed E-state index contributed by atoms with van der Waals surface area (Å²) in [5.74, 6) is 2.95. The van der Waals surface area contributed by atoms with Crippen LogP contribution in [0.15, 0.2) is 89.7 Å². The molecule has 2 aromatic heterocycles. The van der Waals surface area contributed by atoms with Gasteiger partial charge in [-0.25, -0.2) is 4.79 Å². The monoisotopic (exact) mass is 761 g/mol. The molecule has 2 saturated heterocycles. The van der Waals surface area contributed by atoms with E-state index in [1.54, 1.807) is 48.0 Å². The van der Waals surface area contributed by atoms with E-state index in [0.29, 0.717) is 67.5 Å². The molecule has 3 aromatic carbocycles. The molecule has 5 aromatic rings. The number of para-hydroxylation sites is 1. The Morgan fingerprint density at radius 2 is 1.59 bits per heavy atom. The van der Waals surface area contributed by atoms with Crippen molar-refractivity contribution in [1.82, 2.24) is 24.3 Å². The van der Waals surface area contributed by atoms with E-state index in [0.717, 1.165) is 42.4 Å². The minimum Gasteiger partial charge on any atom is -0.497 e. The van der Waals surface area contributed by atoms with Crippen LogP contribution in [0.2, 0.25) is 0 Å². The molecular weight excluding hydrogens is 711 g/mol. The molecule has 0 radical (unpaired) electrons. The Balaban J connectivity index is 1.10. The molecule has 2 aliphatic heterocycles. The van der Waals surface area contributed by atoms with Gasteiger partial charge in [-0.2, -0.15) is 9.97 Å². The molecule has 7 rings (SSSR count). The molecule has 2 fully saturated rings. The van der Waals surface area contributed by atoms with Crippen molar-refractivity contribution in [3.05, 3.63) is 112 Å². The lowest BCUT2D eigenvalue weighted by Crippen LogP contribution is -2.58. The van der Waals surface area contributed by atoms with Crippen LogP contribution in [0, 0.1) is 0 Å². The van der Waals surface area contributed by atoms with Gasteiger partial charge in [0.05, 0.1) is 31.2 Å². The van der Waals surface area contributed by atoms with E-state index < -0.39 is 0 Å².